The summed E-state index contributed by atoms with van der Waals surface area (Å²) in [6.45, 7) is 8.96. The summed E-state index contributed by atoms with van der Waals surface area (Å²) < 4.78 is 0. The Morgan fingerprint density at radius 2 is 2.28 bits per heavy atom. The van der Waals surface area contributed by atoms with E-state index in [1.165, 1.54) is 11.3 Å². The van der Waals surface area contributed by atoms with Gasteiger partial charge in [0.15, 0.2) is 0 Å². The van der Waals surface area contributed by atoms with E-state index in [4.69, 9.17) is 0 Å². The molecule has 0 saturated carbocycles. The first-order chi connectivity index (χ1) is 8.52. The number of amides is 1. The van der Waals surface area contributed by atoms with E-state index in [9.17, 15) is 4.79 Å². The Balaban J connectivity index is 1.99. The van der Waals surface area contributed by atoms with Crippen LogP contribution in [0.1, 0.15) is 43.4 Å². The molecular formula is C12H20N4OS. The molecule has 0 bridgehead atoms. The molecule has 0 aromatic carbocycles. The lowest BCUT2D eigenvalue weighted by molar-refractivity contribution is 0.0777. The molecule has 0 atom stereocenters. The first-order valence-corrected chi connectivity index (χ1v) is 7.20. The second kappa shape index (κ2) is 5.22. The Labute approximate surface area is 112 Å². The van der Waals surface area contributed by atoms with E-state index in [1.54, 1.807) is 0 Å². The second-order valence-corrected chi connectivity index (χ2v) is 6.46. The van der Waals surface area contributed by atoms with Gasteiger partial charge in [-0.3, -0.25) is 4.79 Å². The highest BCUT2D eigenvalue weighted by atomic mass is 32.1. The largest absolute Gasteiger partial charge is 0.360 e. The molecule has 1 saturated heterocycles. The average Bonchev–Trinajstić information content (AvgIpc) is 2.92. The van der Waals surface area contributed by atoms with Gasteiger partial charge in [-0.1, -0.05) is 32.1 Å². The highest BCUT2D eigenvalue weighted by Crippen LogP contribution is 2.30. The molecule has 0 unspecified atom stereocenters. The van der Waals surface area contributed by atoms with Gasteiger partial charge in [-0.25, -0.2) is 0 Å². The summed E-state index contributed by atoms with van der Waals surface area (Å²) in [5.41, 5.74) is 0.226. The number of nitrogens with one attached hydrogen (secondary N) is 1. The summed E-state index contributed by atoms with van der Waals surface area (Å²) in [5.74, 6) is 0.0163. The van der Waals surface area contributed by atoms with Gasteiger partial charge in [0.2, 0.25) is 10.1 Å². The number of anilines is 1. The van der Waals surface area contributed by atoms with Crippen LogP contribution in [0.25, 0.3) is 0 Å². The van der Waals surface area contributed by atoms with E-state index >= 15 is 0 Å². The summed E-state index contributed by atoms with van der Waals surface area (Å²) >= 11 is 1.34. The molecule has 0 aliphatic carbocycles. The van der Waals surface area contributed by atoms with Crippen molar-refractivity contribution in [1.82, 2.24) is 15.1 Å². The van der Waals surface area contributed by atoms with Gasteiger partial charge in [0.05, 0.1) is 0 Å². The quantitative estimate of drug-likeness (QED) is 0.909. The lowest BCUT2D eigenvalue weighted by atomic mass is 9.93. The summed E-state index contributed by atoms with van der Waals surface area (Å²) in [7, 11) is 0. The Hall–Kier alpha value is -1.17. The molecule has 18 heavy (non-hydrogen) atoms. The van der Waals surface area contributed by atoms with Crippen molar-refractivity contribution in [2.24, 2.45) is 5.41 Å². The number of carbonyl (C=O) groups is 1. The minimum absolute atomic E-state index is 0.0163. The van der Waals surface area contributed by atoms with Crippen molar-refractivity contribution >= 4 is 22.4 Å². The molecule has 1 aliphatic heterocycles. The molecule has 1 aliphatic rings. The third-order valence-corrected chi connectivity index (χ3v) is 3.97. The minimum Gasteiger partial charge on any atom is -0.360 e. The van der Waals surface area contributed by atoms with Crippen LogP contribution in [-0.2, 0) is 0 Å². The molecule has 1 N–H and O–H groups in total. The van der Waals surface area contributed by atoms with Crippen LogP contribution >= 0.6 is 11.3 Å². The summed E-state index contributed by atoms with van der Waals surface area (Å²) in [4.78, 5) is 14.1. The van der Waals surface area contributed by atoms with Gasteiger partial charge in [-0.2, -0.15) is 0 Å². The maximum Gasteiger partial charge on any atom is 0.284 e. The van der Waals surface area contributed by atoms with Crippen molar-refractivity contribution in [3.05, 3.63) is 5.01 Å². The van der Waals surface area contributed by atoms with Gasteiger partial charge in [0.25, 0.3) is 5.91 Å². The van der Waals surface area contributed by atoms with Crippen LogP contribution < -0.4 is 5.32 Å². The van der Waals surface area contributed by atoms with Gasteiger partial charge < -0.3 is 10.2 Å². The zero-order valence-electron chi connectivity index (χ0n) is 11.2. The highest BCUT2D eigenvalue weighted by Gasteiger charge is 2.33. The maximum atomic E-state index is 12.2. The van der Waals surface area contributed by atoms with Crippen LogP contribution in [0.3, 0.4) is 0 Å². The number of carbonyl (C=O) groups excluding carboxylic acids is 1. The standard InChI is InChI=1S/C12H20N4OS/c1-4-6-13-11-15-14-9(18-11)10(17)16-7-5-12(2,3)8-16/h4-8H2,1-3H3,(H,13,15). The number of nitrogens with zero attached hydrogens (tertiary/aromatic N) is 3. The number of hydrogen-bond donors (Lipinski definition) is 1. The van der Waals surface area contributed by atoms with E-state index in [-0.39, 0.29) is 11.3 Å². The predicted octanol–water partition coefficient (Wildman–Crippen LogP) is 2.23. The van der Waals surface area contributed by atoms with Gasteiger partial charge in [0.1, 0.15) is 0 Å². The Kier molecular flexibility index (Phi) is 3.85. The molecular weight excluding hydrogens is 248 g/mol. The Morgan fingerprint density at radius 3 is 2.89 bits per heavy atom. The molecule has 6 heteroatoms. The van der Waals surface area contributed by atoms with E-state index in [0.29, 0.717) is 5.01 Å². The number of hydrogen-bond acceptors (Lipinski definition) is 5. The third kappa shape index (κ3) is 2.98. The van der Waals surface area contributed by atoms with Crippen molar-refractivity contribution in [2.75, 3.05) is 25.0 Å². The molecule has 0 spiro atoms. The molecule has 2 heterocycles. The lowest BCUT2D eigenvalue weighted by Crippen LogP contribution is -2.30. The molecule has 0 radical (unpaired) electrons. The van der Waals surface area contributed by atoms with Gasteiger partial charge >= 0.3 is 0 Å². The number of likely N-dealkylation sites (tertiary alicyclic amines) is 1. The molecule has 1 aromatic heterocycles. The van der Waals surface area contributed by atoms with Crippen molar-refractivity contribution in [3.8, 4) is 0 Å². The molecule has 2 rings (SSSR count). The Bertz CT molecular complexity index is 429. The molecule has 100 valence electrons. The first-order valence-electron chi connectivity index (χ1n) is 6.38. The number of aromatic nitrogens is 2. The third-order valence-electron chi connectivity index (χ3n) is 3.10. The highest BCUT2D eigenvalue weighted by molar-refractivity contribution is 7.17. The van der Waals surface area contributed by atoms with Crippen LogP contribution in [0, 0.1) is 5.41 Å². The summed E-state index contributed by atoms with van der Waals surface area (Å²) in [5, 5.41) is 12.3. The van der Waals surface area contributed by atoms with Crippen LogP contribution in [0.5, 0.6) is 0 Å². The Morgan fingerprint density at radius 1 is 1.50 bits per heavy atom. The zero-order valence-corrected chi connectivity index (χ0v) is 12.0. The van der Waals surface area contributed by atoms with Gasteiger partial charge in [-0.15, -0.1) is 10.2 Å². The molecule has 1 fully saturated rings. The summed E-state index contributed by atoms with van der Waals surface area (Å²) in [6.07, 6.45) is 2.08. The smallest absolute Gasteiger partial charge is 0.284 e. The second-order valence-electron chi connectivity index (χ2n) is 5.48. The topological polar surface area (TPSA) is 58.1 Å². The first kappa shape index (κ1) is 13.3. The maximum absolute atomic E-state index is 12.2. The summed E-state index contributed by atoms with van der Waals surface area (Å²) in [6, 6.07) is 0. The predicted molar refractivity (Wildman–Crippen MR) is 73.0 cm³/mol. The molecule has 1 aromatic rings. The van der Waals surface area contributed by atoms with E-state index in [2.05, 4.69) is 36.3 Å². The minimum atomic E-state index is 0.0163. The monoisotopic (exact) mass is 268 g/mol. The van der Waals surface area contributed by atoms with Crippen molar-refractivity contribution in [2.45, 2.75) is 33.6 Å². The fraction of sp³-hybridized carbons (Fsp3) is 0.750. The van der Waals surface area contributed by atoms with E-state index < -0.39 is 0 Å². The normalized spacial score (nSPS) is 18.1. The van der Waals surface area contributed by atoms with Crippen molar-refractivity contribution in [3.63, 3.8) is 0 Å². The molecule has 5 nitrogen and oxygen atoms in total. The number of rotatable bonds is 4. The molecule has 1 amide bonds. The van der Waals surface area contributed by atoms with Crippen molar-refractivity contribution < 1.29 is 4.79 Å². The lowest BCUT2D eigenvalue weighted by Gasteiger charge is -2.18. The van der Waals surface area contributed by atoms with Crippen LogP contribution in [-0.4, -0.2) is 40.6 Å². The van der Waals surface area contributed by atoms with Crippen LogP contribution in [0.15, 0.2) is 0 Å². The van der Waals surface area contributed by atoms with Gasteiger partial charge in [-0.05, 0) is 18.3 Å². The zero-order chi connectivity index (χ0) is 13.2. The van der Waals surface area contributed by atoms with Crippen LogP contribution in [0.4, 0.5) is 5.13 Å². The van der Waals surface area contributed by atoms with Gasteiger partial charge in [0, 0.05) is 19.6 Å². The fourth-order valence-electron chi connectivity index (χ4n) is 2.03. The SMILES string of the molecule is CCCNc1nnc(C(=O)N2CCC(C)(C)C2)s1. The van der Waals surface area contributed by atoms with E-state index in [1.807, 2.05) is 4.90 Å². The van der Waals surface area contributed by atoms with E-state index in [0.717, 1.165) is 37.6 Å². The average molecular weight is 268 g/mol. The van der Waals surface area contributed by atoms with Crippen molar-refractivity contribution in [1.29, 1.82) is 0 Å². The fourth-order valence-corrected chi connectivity index (χ4v) is 2.77. The van der Waals surface area contributed by atoms with Crippen LogP contribution in [0.2, 0.25) is 0 Å².